The van der Waals surface area contributed by atoms with Crippen molar-refractivity contribution in [2.75, 3.05) is 13.2 Å². The van der Waals surface area contributed by atoms with Gasteiger partial charge in [-0.15, -0.1) is 0 Å². The van der Waals surface area contributed by atoms with Gasteiger partial charge in [-0.25, -0.2) is 4.98 Å². The van der Waals surface area contributed by atoms with Gasteiger partial charge in [-0.2, -0.15) is 13.2 Å². The minimum Gasteiger partial charge on any atom is -0.468 e. The van der Waals surface area contributed by atoms with E-state index in [0.29, 0.717) is 18.7 Å². The summed E-state index contributed by atoms with van der Waals surface area (Å²) in [5.74, 6) is -0.892. The van der Waals surface area contributed by atoms with Crippen molar-refractivity contribution in [1.82, 2.24) is 15.2 Å². The van der Waals surface area contributed by atoms with E-state index in [0.717, 1.165) is 11.1 Å². The number of benzene rings is 1. The van der Waals surface area contributed by atoms with E-state index in [1.807, 2.05) is 31.2 Å². The molecule has 0 saturated carbocycles. The number of hydrogen-bond donors (Lipinski definition) is 1. The molecule has 1 saturated heterocycles. The predicted octanol–water partition coefficient (Wildman–Crippen LogP) is 3.00. The van der Waals surface area contributed by atoms with E-state index in [1.54, 1.807) is 4.90 Å². The number of ether oxygens (including phenoxy) is 1. The molecule has 3 rings (SSSR count). The zero-order valence-electron chi connectivity index (χ0n) is 16.4. The minimum absolute atomic E-state index is 0.0662. The number of pyridine rings is 1. The van der Waals surface area contributed by atoms with Crippen LogP contribution in [0.4, 0.5) is 13.2 Å². The van der Waals surface area contributed by atoms with Crippen molar-refractivity contribution >= 4 is 11.8 Å². The second-order valence-electron chi connectivity index (χ2n) is 7.29. The summed E-state index contributed by atoms with van der Waals surface area (Å²) in [4.78, 5) is 30.1. The fraction of sp³-hybridized carbons (Fsp3) is 0.381. The summed E-state index contributed by atoms with van der Waals surface area (Å²) in [6.45, 7) is 1.55. The van der Waals surface area contributed by atoms with Crippen LogP contribution < -0.4 is 10.1 Å². The van der Waals surface area contributed by atoms with Crippen LogP contribution in [-0.2, 0) is 22.7 Å². The number of hydrogen-bond acceptors (Lipinski definition) is 4. The lowest BCUT2D eigenvalue weighted by molar-refractivity contribution is -0.154. The molecule has 6 nitrogen and oxygen atoms in total. The van der Waals surface area contributed by atoms with Gasteiger partial charge in [-0.3, -0.25) is 9.59 Å². The smallest absolute Gasteiger partial charge is 0.422 e. The van der Waals surface area contributed by atoms with Crippen LogP contribution in [0.25, 0.3) is 0 Å². The van der Waals surface area contributed by atoms with Crippen LogP contribution in [0.2, 0.25) is 0 Å². The number of nitrogens with one attached hydrogen (secondary N) is 1. The quantitative estimate of drug-likeness (QED) is 0.746. The van der Waals surface area contributed by atoms with Gasteiger partial charge in [0.25, 0.3) is 0 Å². The van der Waals surface area contributed by atoms with Gasteiger partial charge in [0.15, 0.2) is 6.61 Å². The summed E-state index contributed by atoms with van der Waals surface area (Å²) < 4.78 is 41.0. The Kier molecular flexibility index (Phi) is 6.59. The highest BCUT2D eigenvalue weighted by Crippen LogP contribution is 2.21. The van der Waals surface area contributed by atoms with Crippen LogP contribution in [0, 0.1) is 12.8 Å². The number of rotatable bonds is 7. The SMILES string of the molecule is Cc1ccc(CN2CC(C(=O)NCc3ccc(OCC(F)(F)F)nc3)CC2=O)cc1. The maximum absolute atomic E-state index is 12.4. The van der Waals surface area contributed by atoms with E-state index in [-0.39, 0.29) is 30.7 Å². The third kappa shape index (κ3) is 6.20. The van der Waals surface area contributed by atoms with Gasteiger partial charge in [0, 0.05) is 38.3 Å². The van der Waals surface area contributed by atoms with Crippen molar-refractivity contribution in [3.63, 3.8) is 0 Å². The van der Waals surface area contributed by atoms with Crippen LogP contribution in [0.3, 0.4) is 0 Å². The van der Waals surface area contributed by atoms with Crippen LogP contribution in [-0.4, -0.2) is 41.0 Å². The molecule has 1 aliphatic heterocycles. The number of carbonyl (C=O) groups excluding carboxylic acids is 2. The Morgan fingerprint density at radius 3 is 2.53 bits per heavy atom. The maximum atomic E-state index is 12.4. The molecule has 1 aromatic heterocycles. The minimum atomic E-state index is -4.43. The van der Waals surface area contributed by atoms with Gasteiger partial charge in [-0.1, -0.05) is 35.9 Å². The molecule has 2 aromatic rings. The molecule has 0 radical (unpaired) electrons. The molecular formula is C21H22F3N3O3. The fourth-order valence-electron chi connectivity index (χ4n) is 3.10. The Morgan fingerprint density at radius 2 is 1.90 bits per heavy atom. The Balaban J connectivity index is 1.47. The van der Waals surface area contributed by atoms with E-state index in [9.17, 15) is 22.8 Å². The first-order valence-electron chi connectivity index (χ1n) is 9.45. The first-order valence-corrected chi connectivity index (χ1v) is 9.45. The molecule has 1 unspecified atom stereocenters. The van der Waals surface area contributed by atoms with E-state index in [1.165, 1.54) is 18.3 Å². The number of likely N-dealkylation sites (tertiary alicyclic amines) is 1. The van der Waals surface area contributed by atoms with Crippen molar-refractivity contribution in [2.45, 2.75) is 32.6 Å². The number of alkyl halides is 3. The monoisotopic (exact) mass is 421 g/mol. The van der Waals surface area contributed by atoms with E-state index >= 15 is 0 Å². The Bertz CT molecular complexity index is 883. The van der Waals surface area contributed by atoms with Gasteiger partial charge < -0.3 is 15.0 Å². The lowest BCUT2D eigenvalue weighted by Gasteiger charge is -2.17. The van der Waals surface area contributed by atoms with Gasteiger partial charge in [0.1, 0.15) is 0 Å². The molecule has 0 aliphatic carbocycles. The molecule has 30 heavy (non-hydrogen) atoms. The summed E-state index contributed by atoms with van der Waals surface area (Å²) >= 11 is 0. The first-order chi connectivity index (χ1) is 14.2. The van der Waals surface area contributed by atoms with Crippen LogP contribution in [0.15, 0.2) is 42.6 Å². The standard InChI is InChI=1S/C21H22F3N3O3/c1-14-2-4-15(5-3-14)11-27-12-17(8-19(27)28)20(29)26-10-16-6-7-18(25-9-16)30-13-21(22,23)24/h2-7,9,17H,8,10-13H2,1H3,(H,26,29). The zero-order chi connectivity index (χ0) is 21.7. The first kappa shape index (κ1) is 21.6. The highest BCUT2D eigenvalue weighted by molar-refractivity contribution is 5.89. The second kappa shape index (κ2) is 9.15. The highest BCUT2D eigenvalue weighted by atomic mass is 19.4. The molecular weight excluding hydrogens is 399 g/mol. The van der Waals surface area contributed by atoms with E-state index < -0.39 is 18.7 Å². The molecule has 0 spiro atoms. The van der Waals surface area contributed by atoms with Gasteiger partial charge in [-0.05, 0) is 18.1 Å². The molecule has 1 fully saturated rings. The number of carbonyl (C=O) groups is 2. The van der Waals surface area contributed by atoms with Crippen molar-refractivity contribution in [3.05, 3.63) is 59.3 Å². The average molecular weight is 421 g/mol. The lowest BCUT2D eigenvalue weighted by atomic mass is 10.1. The highest BCUT2D eigenvalue weighted by Gasteiger charge is 2.34. The van der Waals surface area contributed by atoms with E-state index in [2.05, 4.69) is 15.0 Å². The normalized spacial score (nSPS) is 16.6. The molecule has 2 amide bonds. The molecule has 1 atom stereocenters. The Labute approximate surface area is 172 Å². The zero-order valence-corrected chi connectivity index (χ0v) is 16.4. The second-order valence-corrected chi connectivity index (χ2v) is 7.29. The van der Waals surface area contributed by atoms with Crippen molar-refractivity contribution in [2.24, 2.45) is 5.92 Å². The lowest BCUT2D eigenvalue weighted by Crippen LogP contribution is -2.32. The molecule has 160 valence electrons. The Morgan fingerprint density at radius 1 is 1.20 bits per heavy atom. The predicted molar refractivity (Wildman–Crippen MR) is 102 cm³/mol. The number of amides is 2. The van der Waals surface area contributed by atoms with Crippen LogP contribution in [0.5, 0.6) is 5.88 Å². The van der Waals surface area contributed by atoms with Crippen LogP contribution >= 0.6 is 0 Å². The van der Waals surface area contributed by atoms with Crippen LogP contribution in [0.1, 0.15) is 23.1 Å². The molecule has 1 aliphatic rings. The third-order valence-corrected chi connectivity index (χ3v) is 4.73. The molecule has 9 heteroatoms. The third-order valence-electron chi connectivity index (χ3n) is 4.73. The molecule has 1 N–H and O–H groups in total. The van der Waals surface area contributed by atoms with Crippen molar-refractivity contribution < 1.29 is 27.5 Å². The number of aryl methyl sites for hydroxylation is 1. The topological polar surface area (TPSA) is 71.5 Å². The van der Waals surface area contributed by atoms with Crippen molar-refractivity contribution in [3.8, 4) is 5.88 Å². The van der Waals surface area contributed by atoms with Gasteiger partial charge in [0.05, 0.1) is 5.92 Å². The summed E-state index contributed by atoms with van der Waals surface area (Å²) in [7, 11) is 0. The molecule has 1 aromatic carbocycles. The number of halogens is 3. The molecule has 0 bridgehead atoms. The summed E-state index contributed by atoms with van der Waals surface area (Å²) in [6, 6.07) is 10.7. The summed E-state index contributed by atoms with van der Waals surface area (Å²) in [5, 5.41) is 2.75. The number of aromatic nitrogens is 1. The largest absolute Gasteiger partial charge is 0.468 e. The number of nitrogens with zero attached hydrogens (tertiary/aromatic N) is 2. The fourth-order valence-corrected chi connectivity index (χ4v) is 3.10. The summed E-state index contributed by atoms with van der Waals surface area (Å²) in [6.07, 6.45) is -2.93. The van der Waals surface area contributed by atoms with E-state index in [4.69, 9.17) is 0 Å². The molecule has 2 heterocycles. The summed E-state index contributed by atoms with van der Waals surface area (Å²) in [5.41, 5.74) is 2.76. The van der Waals surface area contributed by atoms with Gasteiger partial charge >= 0.3 is 6.18 Å². The van der Waals surface area contributed by atoms with Gasteiger partial charge in [0.2, 0.25) is 17.7 Å². The maximum Gasteiger partial charge on any atom is 0.422 e. The Hall–Kier alpha value is -3.10. The average Bonchev–Trinajstić information content (AvgIpc) is 3.07. The van der Waals surface area contributed by atoms with Crippen molar-refractivity contribution in [1.29, 1.82) is 0 Å².